The first-order valence-electron chi connectivity index (χ1n) is 10.5. The molecule has 3 aromatic rings. The lowest BCUT2D eigenvalue weighted by molar-refractivity contribution is 1.11. The maximum Gasteiger partial charge on any atom is 0.160 e. The van der Waals surface area contributed by atoms with E-state index in [4.69, 9.17) is 12.3 Å². The molecule has 0 radical (unpaired) electrons. The number of aromatic nitrogens is 2. The van der Waals surface area contributed by atoms with Gasteiger partial charge in [0, 0.05) is 16.8 Å². The Balaban J connectivity index is 2.37. The Kier molecular flexibility index (Phi) is 1.54. The van der Waals surface area contributed by atoms with Crippen molar-refractivity contribution < 1.29 is 12.3 Å². The van der Waals surface area contributed by atoms with Crippen LogP contribution in [0.15, 0.2) is 60.4 Å². The molecule has 0 amide bonds. The van der Waals surface area contributed by atoms with Gasteiger partial charge in [-0.15, -0.1) is 0 Å². The summed E-state index contributed by atoms with van der Waals surface area (Å²) in [7, 11) is 0. The van der Waals surface area contributed by atoms with Crippen molar-refractivity contribution in [2.75, 3.05) is 0 Å². The predicted molar refractivity (Wildman–Crippen MR) is 82.4 cm³/mol. The highest BCUT2D eigenvalue weighted by Gasteiger charge is 2.06. The smallest absolute Gasteiger partial charge is 0.160 e. The Bertz CT molecular complexity index is 1030. The third kappa shape index (κ3) is 2.59. The molecule has 3 rings (SSSR count). The van der Waals surface area contributed by atoms with E-state index in [-0.39, 0.29) is 52.4 Å². The van der Waals surface area contributed by atoms with Gasteiger partial charge in [-0.1, -0.05) is 53.9 Å². The van der Waals surface area contributed by atoms with E-state index in [0.29, 0.717) is 5.69 Å². The zero-order chi connectivity index (χ0) is 21.8. The van der Waals surface area contributed by atoms with Crippen LogP contribution in [0.25, 0.3) is 22.6 Å². The number of hydrogen-bond acceptors (Lipinski definition) is 2. The van der Waals surface area contributed by atoms with E-state index in [0.717, 1.165) is 0 Å². The van der Waals surface area contributed by atoms with Gasteiger partial charge in [-0.05, 0) is 26.0 Å². The van der Waals surface area contributed by atoms with E-state index < -0.39 is 30.2 Å². The number of aryl methyl sites for hydroxylation is 1. The Morgan fingerprint density at radius 2 is 1.60 bits per heavy atom. The Morgan fingerprint density at radius 1 is 0.850 bits per heavy atom. The molecule has 1 heterocycles. The summed E-state index contributed by atoms with van der Waals surface area (Å²) in [5, 5.41) is 0. The number of hydrogen-bond donors (Lipinski definition) is 0. The van der Waals surface area contributed by atoms with Crippen LogP contribution >= 0.6 is 0 Å². The molecule has 98 valence electrons. The molecule has 0 N–H and O–H groups in total. The molecular formula is C18H16N2. The molecule has 20 heavy (non-hydrogen) atoms. The predicted octanol–water partition coefficient (Wildman–Crippen LogP) is 4.43. The molecule has 0 spiro atoms. The molecule has 2 aromatic carbocycles. The van der Waals surface area contributed by atoms with E-state index in [9.17, 15) is 0 Å². The van der Waals surface area contributed by atoms with Crippen LogP contribution in [0.2, 0.25) is 0 Å². The van der Waals surface area contributed by atoms with Crippen LogP contribution in [0.5, 0.6) is 0 Å². The minimum atomic E-state index is -0.517. The molecule has 0 fully saturated rings. The van der Waals surface area contributed by atoms with Crippen molar-refractivity contribution in [3.05, 3.63) is 71.7 Å². The minimum absolute atomic E-state index is 0.0409. The van der Waals surface area contributed by atoms with Crippen molar-refractivity contribution >= 4 is 0 Å². The Labute approximate surface area is 131 Å². The second-order valence-corrected chi connectivity index (χ2v) is 4.22. The zero-order valence-corrected chi connectivity index (χ0v) is 11.0. The number of rotatable bonds is 2. The fourth-order valence-electron chi connectivity index (χ4n) is 1.74. The lowest BCUT2D eigenvalue weighted by Crippen LogP contribution is -1.95. The third-order valence-corrected chi connectivity index (χ3v) is 2.58. The van der Waals surface area contributed by atoms with E-state index in [1.807, 2.05) is 0 Å². The molecule has 2 nitrogen and oxygen atoms in total. The van der Waals surface area contributed by atoms with Crippen molar-refractivity contribution in [2.45, 2.75) is 13.8 Å². The summed E-state index contributed by atoms with van der Waals surface area (Å²) < 4.78 is 71.9. The first-order valence-corrected chi connectivity index (χ1v) is 5.97. The molecule has 0 aliphatic rings. The van der Waals surface area contributed by atoms with Gasteiger partial charge in [0.1, 0.15) is 0 Å². The van der Waals surface area contributed by atoms with Crippen molar-refractivity contribution in [1.29, 1.82) is 0 Å². The maximum absolute atomic E-state index is 8.28. The molecule has 0 aliphatic carbocycles. The summed E-state index contributed by atoms with van der Waals surface area (Å²) in [5.74, 6) is -0.0709. The molecule has 0 saturated heterocycles. The van der Waals surface area contributed by atoms with Crippen LogP contribution in [-0.4, -0.2) is 9.97 Å². The topological polar surface area (TPSA) is 25.8 Å². The molecule has 0 unspecified atom stereocenters. The second kappa shape index (κ2) is 5.25. The molecule has 0 atom stereocenters. The molecule has 0 aliphatic heterocycles. The van der Waals surface area contributed by atoms with Crippen molar-refractivity contribution in [2.24, 2.45) is 0 Å². The quantitative estimate of drug-likeness (QED) is 0.688. The summed E-state index contributed by atoms with van der Waals surface area (Å²) in [4.78, 5) is 8.51. The molecule has 1 aromatic heterocycles. The van der Waals surface area contributed by atoms with Crippen molar-refractivity contribution in [1.82, 2.24) is 9.97 Å². The monoisotopic (exact) mass is 269 g/mol. The standard InChI is InChI=1S/C18H16N2/c1-13-7-6-10-16(11-13)18-19-14(2)12-17(20-18)15-8-4-3-5-9-15/h3-12H,1-2H3/i3D,4D,5D,6D,7D,8D,9D,10D,11D. The van der Waals surface area contributed by atoms with Gasteiger partial charge in [0.05, 0.1) is 18.0 Å². The number of nitrogens with zero attached hydrogens (tertiary/aromatic N) is 2. The molecular weight excluding hydrogens is 244 g/mol. The largest absolute Gasteiger partial charge is 0.233 e. The van der Waals surface area contributed by atoms with E-state index >= 15 is 0 Å². The SMILES string of the molecule is [2H]c1c([2H])c([2H])c(-c2cc(C)nc(-c3c([2H])c([2H])c([2H])c(C)c3[2H])n2)c([2H])c1[2H]. The van der Waals surface area contributed by atoms with Crippen LogP contribution in [0.3, 0.4) is 0 Å². The highest BCUT2D eigenvalue weighted by molar-refractivity contribution is 5.64. The van der Waals surface area contributed by atoms with E-state index in [1.54, 1.807) is 6.92 Å². The van der Waals surface area contributed by atoms with Gasteiger partial charge in [-0.3, -0.25) is 0 Å². The van der Waals surface area contributed by atoms with Crippen LogP contribution in [-0.2, 0) is 0 Å². The normalized spacial score (nSPS) is 16.8. The molecule has 0 saturated carbocycles. The second-order valence-electron chi connectivity index (χ2n) is 4.22. The highest BCUT2D eigenvalue weighted by Crippen LogP contribution is 2.22. The van der Waals surface area contributed by atoms with Gasteiger partial charge in [0.2, 0.25) is 0 Å². The number of benzene rings is 2. The lowest BCUT2D eigenvalue weighted by atomic mass is 10.1. The maximum atomic E-state index is 8.28. The van der Waals surface area contributed by atoms with Crippen molar-refractivity contribution in [3.8, 4) is 22.6 Å². The van der Waals surface area contributed by atoms with E-state index in [1.165, 1.54) is 13.0 Å². The summed E-state index contributed by atoms with van der Waals surface area (Å²) in [6.45, 7) is 3.11. The van der Waals surface area contributed by atoms with Gasteiger partial charge < -0.3 is 0 Å². The van der Waals surface area contributed by atoms with Crippen molar-refractivity contribution in [3.63, 3.8) is 0 Å². The van der Waals surface area contributed by atoms with Crippen LogP contribution in [0, 0.1) is 13.8 Å². The summed E-state index contributed by atoms with van der Waals surface area (Å²) >= 11 is 0. The van der Waals surface area contributed by atoms with Gasteiger partial charge in [0.25, 0.3) is 0 Å². The van der Waals surface area contributed by atoms with Gasteiger partial charge in [0.15, 0.2) is 5.82 Å². The average molecular weight is 269 g/mol. The highest BCUT2D eigenvalue weighted by atomic mass is 14.9. The molecule has 0 bridgehead atoms. The summed E-state index contributed by atoms with van der Waals surface area (Å²) in [6, 6.07) is -2.00. The lowest BCUT2D eigenvalue weighted by Gasteiger charge is -2.07. The van der Waals surface area contributed by atoms with Crippen LogP contribution in [0.4, 0.5) is 0 Å². The fourth-order valence-corrected chi connectivity index (χ4v) is 1.74. The third-order valence-electron chi connectivity index (χ3n) is 2.58. The zero-order valence-electron chi connectivity index (χ0n) is 20.0. The van der Waals surface area contributed by atoms with Gasteiger partial charge in [-0.2, -0.15) is 0 Å². The summed E-state index contributed by atoms with van der Waals surface area (Å²) in [6.07, 6.45) is 0. The van der Waals surface area contributed by atoms with Gasteiger partial charge >= 0.3 is 0 Å². The molecule has 2 heteroatoms. The van der Waals surface area contributed by atoms with E-state index in [2.05, 4.69) is 9.97 Å². The Morgan fingerprint density at radius 3 is 2.40 bits per heavy atom. The first-order chi connectivity index (χ1) is 13.5. The fraction of sp³-hybridized carbons (Fsp3) is 0.111. The minimum Gasteiger partial charge on any atom is -0.233 e. The van der Waals surface area contributed by atoms with Gasteiger partial charge in [-0.25, -0.2) is 9.97 Å². The average Bonchev–Trinajstić information content (AvgIpc) is 2.67. The Hall–Kier alpha value is -2.48. The first kappa shape index (κ1) is 5.88. The van der Waals surface area contributed by atoms with Crippen LogP contribution in [0.1, 0.15) is 23.6 Å². The summed E-state index contributed by atoms with van der Waals surface area (Å²) in [5.41, 5.74) is 0.509. The van der Waals surface area contributed by atoms with Crippen LogP contribution < -0.4 is 0 Å².